The summed E-state index contributed by atoms with van der Waals surface area (Å²) in [4.78, 5) is 17.8. The summed E-state index contributed by atoms with van der Waals surface area (Å²) >= 11 is 0. The second-order valence-corrected chi connectivity index (χ2v) is 25.2. The van der Waals surface area contributed by atoms with Crippen LogP contribution in [0.25, 0.3) is 90.9 Å². The van der Waals surface area contributed by atoms with Gasteiger partial charge in [0.05, 0.1) is 37.5 Å². The fourth-order valence-electron chi connectivity index (χ4n) is 8.98. The summed E-state index contributed by atoms with van der Waals surface area (Å²) in [5, 5.41) is 0. The van der Waals surface area contributed by atoms with Gasteiger partial charge in [0.2, 0.25) is 0 Å². The molecule has 0 amide bonds. The molecule has 0 aliphatic carbocycles. The van der Waals surface area contributed by atoms with E-state index in [1.165, 1.54) is 36.4 Å². The highest BCUT2D eigenvalue weighted by Gasteiger charge is 2.23. The van der Waals surface area contributed by atoms with Crippen LogP contribution in [-0.4, -0.2) is 64.8 Å². The SMILES string of the molecule is CC(C)CCNOS(=O)(=O)c1ccc(-c2c3nc(c(-c4ccc(S(=O)(=O)ONCCC(C)C)cc4)c4ccc([nH]4)c(-c4ccc(S(=O)(=O)ONCCC(C)C)cc4)c4nc(c(-c5ccc(N)cc5)c5ccc2[nH]5)C=C4)C=C3)cc1. The molecule has 0 fully saturated rings. The van der Waals surface area contributed by atoms with Crippen molar-refractivity contribution in [1.29, 1.82) is 0 Å². The largest absolute Gasteiger partial charge is 0.399 e. The molecular formula is C59H64N8O9S3. The minimum atomic E-state index is -4.19. The highest BCUT2D eigenvalue weighted by Crippen LogP contribution is 2.39. The number of nitrogens with one attached hydrogen (secondary N) is 5. The Morgan fingerprint density at radius 2 is 0.633 bits per heavy atom. The van der Waals surface area contributed by atoms with Crippen molar-refractivity contribution in [2.45, 2.75) is 75.5 Å². The zero-order valence-corrected chi connectivity index (χ0v) is 47.2. The second kappa shape index (κ2) is 24.1. The average molecular weight is 1130 g/mol. The third-order valence-corrected chi connectivity index (χ3v) is 16.8. The maximum absolute atomic E-state index is 13.4. The van der Waals surface area contributed by atoms with Crippen molar-refractivity contribution in [1.82, 2.24) is 36.4 Å². The lowest BCUT2D eigenvalue weighted by atomic mass is 10.0. The number of hydrogen-bond donors (Lipinski definition) is 6. The first kappa shape index (κ1) is 56.6. The standard InChI is InChI=1S/C59H64N8O9S3/c1-37(2)31-34-61-74-77(68,69)45-17-9-41(10-18-45)57-50-25-23-48(64-50)56(40-7-15-44(60)16-8-40)49-24-26-51(65-49)58(42-11-19-46(20-12-42)78(70,71)75-62-35-32-38(3)4)53-28-30-55(67-53)59(54-29-27-52(57)66-54)43-13-21-47(22-14-43)79(72,73)76-63-36-33-39(5)6/h7-30,37-39,61-64,67H,31-36,60H2,1-6H3. The molecule has 9 rings (SSSR count). The number of anilines is 1. The molecule has 3 aromatic heterocycles. The predicted octanol–water partition coefficient (Wildman–Crippen LogP) is 11.7. The van der Waals surface area contributed by atoms with Crippen LogP contribution in [-0.2, 0) is 43.2 Å². The lowest BCUT2D eigenvalue weighted by molar-refractivity contribution is 0.197. The lowest BCUT2D eigenvalue weighted by Gasteiger charge is -2.10. The first-order valence-corrected chi connectivity index (χ1v) is 30.3. The molecule has 8 bridgehead atoms. The van der Waals surface area contributed by atoms with Crippen molar-refractivity contribution in [3.05, 3.63) is 144 Å². The van der Waals surface area contributed by atoms with Gasteiger partial charge in [0.15, 0.2) is 0 Å². The normalized spacial score (nSPS) is 12.9. The van der Waals surface area contributed by atoms with Gasteiger partial charge in [0.25, 0.3) is 0 Å². The fourth-order valence-corrected chi connectivity index (χ4v) is 11.4. The van der Waals surface area contributed by atoms with Gasteiger partial charge in [-0.2, -0.15) is 54.5 Å². The highest BCUT2D eigenvalue weighted by molar-refractivity contribution is 7.87. The van der Waals surface area contributed by atoms with Crippen LogP contribution in [0.3, 0.4) is 0 Å². The van der Waals surface area contributed by atoms with Gasteiger partial charge in [-0.1, -0.05) is 90.1 Å². The van der Waals surface area contributed by atoms with E-state index in [9.17, 15) is 25.3 Å². The molecule has 412 valence electrons. The molecular weight excluding hydrogens is 1060 g/mol. The van der Waals surface area contributed by atoms with Gasteiger partial charge >= 0.3 is 30.4 Å². The van der Waals surface area contributed by atoms with Crippen molar-refractivity contribution in [2.75, 3.05) is 25.4 Å². The number of benzene rings is 4. The molecule has 2 aliphatic rings. The van der Waals surface area contributed by atoms with E-state index in [1.54, 1.807) is 36.4 Å². The Morgan fingerprint density at radius 3 is 0.873 bits per heavy atom. The topological polar surface area (TPSA) is 250 Å². The third-order valence-electron chi connectivity index (χ3n) is 13.2. The molecule has 0 saturated carbocycles. The van der Waals surface area contributed by atoms with E-state index in [2.05, 4.69) is 26.4 Å². The minimum absolute atomic E-state index is 0.0427. The van der Waals surface area contributed by atoms with Gasteiger partial charge in [0, 0.05) is 69.6 Å². The number of aromatic amines is 2. The smallest absolute Gasteiger partial charge is 0.312 e. The van der Waals surface area contributed by atoms with E-state index in [0.29, 0.717) is 128 Å². The molecule has 20 heteroatoms. The van der Waals surface area contributed by atoms with Gasteiger partial charge in [-0.15, -0.1) is 0 Å². The zero-order chi connectivity index (χ0) is 56.1. The maximum Gasteiger partial charge on any atom is 0.312 e. The molecule has 2 aliphatic heterocycles. The monoisotopic (exact) mass is 1120 g/mol. The average Bonchev–Trinajstić information content (AvgIpc) is 4.42. The molecule has 0 saturated heterocycles. The van der Waals surface area contributed by atoms with E-state index >= 15 is 0 Å². The second-order valence-electron chi connectivity index (χ2n) is 20.5. The van der Waals surface area contributed by atoms with E-state index in [0.717, 1.165) is 24.0 Å². The highest BCUT2D eigenvalue weighted by atomic mass is 32.2. The number of nitrogens with zero attached hydrogens (tertiary/aromatic N) is 2. The van der Waals surface area contributed by atoms with Crippen molar-refractivity contribution in [2.24, 2.45) is 17.8 Å². The first-order chi connectivity index (χ1) is 37.8. The van der Waals surface area contributed by atoms with Crippen molar-refractivity contribution in [3.8, 4) is 44.5 Å². The molecule has 7 N–H and O–H groups in total. The Bertz CT molecular complexity index is 3840. The fraction of sp³-hybridized carbons (Fsp3) is 0.254. The van der Waals surface area contributed by atoms with Crippen LogP contribution in [0.1, 0.15) is 83.6 Å². The number of rotatable bonds is 22. The van der Waals surface area contributed by atoms with Crippen molar-refractivity contribution < 1.29 is 38.1 Å². The Hall–Kier alpha value is -7.11. The summed E-state index contributed by atoms with van der Waals surface area (Å²) < 4.78 is 95.8. The van der Waals surface area contributed by atoms with E-state index in [1.807, 2.05) is 114 Å². The van der Waals surface area contributed by atoms with Crippen LogP contribution in [0.15, 0.2) is 136 Å². The summed E-state index contributed by atoms with van der Waals surface area (Å²) in [6.45, 7) is 13.3. The Labute approximate surface area is 461 Å². The number of H-pyrrole nitrogens is 2. The van der Waals surface area contributed by atoms with Gasteiger partial charge < -0.3 is 15.7 Å². The first-order valence-electron chi connectivity index (χ1n) is 26.1. The predicted molar refractivity (Wildman–Crippen MR) is 312 cm³/mol. The van der Waals surface area contributed by atoms with Crippen LogP contribution in [0, 0.1) is 17.8 Å². The molecule has 0 spiro atoms. The molecule has 7 aromatic rings. The number of hydroxylamine groups is 3. The van der Waals surface area contributed by atoms with Crippen LogP contribution in [0.5, 0.6) is 0 Å². The Morgan fingerprint density at radius 1 is 0.392 bits per heavy atom. The van der Waals surface area contributed by atoms with Gasteiger partial charge in [-0.3, -0.25) is 0 Å². The molecule has 0 unspecified atom stereocenters. The van der Waals surface area contributed by atoms with Gasteiger partial charge in [-0.05, 0) is 156 Å². The van der Waals surface area contributed by atoms with Crippen molar-refractivity contribution in [3.63, 3.8) is 0 Å². The number of nitrogens with two attached hydrogens (primary N) is 1. The van der Waals surface area contributed by atoms with Gasteiger partial charge in [-0.25, -0.2) is 9.97 Å². The lowest BCUT2D eigenvalue weighted by Crippen LogP contribution is -2.22. The summed E-state index contributed by atoms with van der Waals surface area (Å²) in [5.41, 5.74) is 24.7. The van der Waals surface area contributed by atoms with Crippen LogP contribution < -0.4 is 22.2 Å². The molecule has 0 radical (unpaired) electrons. The number of fused-ring (bicyclic) bond motifs is 8. The summed E-state index contributed by atoms with van der Waals surface area (Å²) in [5.74, 6) is 1.04. The molecule has 0 atom stereocenters. The minimum Gasteiger partial charge on any atom is -0.399 e. The Kier molecular flexibility index (Phi) is 17.3. The summed E-state index contributed by atoms with van der Waals surface area (Å²) in [6, 6.07) is 34.3. The Balaban J connectivity index is 1.27. The zero-order valence-electron chi connectivity index (χ0n) is 44.7. The number of hydrogen-bond acceptors (Lipinski definition) is 15. The maximum atomic E-state index is 13.4. The number of nitrogen functional groups attached to an aromatic ring is 1. The van der Waals surface area contributed by atoms with Crippen LogP contribution >= 0.6 is 0 Å². The van der Waals surface area contributed by atoms with Crippen LogP contribution in [0.2, 0.25) is 0 Å². The molecule has 17 nitrogen and oxygen atoms in total. The summed E-state index contributed by atoms with van der Waals surface area (Å²) in [6.07, 6.45) is 9.73. The molecule has 5 heterocycles. The van der Waals surface area contributed by atoms with E-state index in [4.69, 9.17) is 28.6 Å². The molecule has 4 aromatic carbocycles. The van der Waals surface area contributed by atoms with E-state index in [-0.39, 0.29) is 14.7 Å². The molecule has 79 heavy (non-hydrogen) atoms. The van der Waals surface area contributed by atoms with E-state index < -0.39 is 30.4 Å². The number of aromatic nitrogens is 4. The van der Waals surface area contributed by atoms with Crippen molar-refractivity contribution >= 4 is 82.4 Å². The quantitative estimate of drug-likeness (QED) is 0.0210. The van der Waals surface area contributed by atoms with Gasteiger partial charge in [0.1, 0.15) is 0 Å². The van der Waals surface area contributed by atoms with Crippen LogP contribution in [0.4, 0.5) is 5.69 Å². The third kappa shape index (κ3) is 13.3. The summed E-state index contributed by atoms with van der Waals surface area (Å²) in [7, 11) is -12.5.